The molecular weight excluding hydrogens is 201 g/mol. The molecule has 0 aliphatic heterocycles. The molecule has 5 nitrogen and oxygen atoms in total. The molecule has 0 aliphatic rings. The quantitative estimate of drug-likeness (QED) is 0.371. The zero-order valence-electron chi connectivity index (χ0n) is 3.91. The van der Waals surface area contributed by atoms with Crippen LogP contribution in [0.5, 0.6) is 0 Å². The van der Waals surface area contributed by atoms with Crippen molar-refractivity contribution in [3.05, 3.63) is 0 Å². The van der Waals surface area contributed by atoms with Crippen molar-refractivity contribution >= 4 is 0 Å². The molecule has 0 aromatic carbocycles. The minimum atomic E-state index is 0. The molecule has 0 amide bonds. The van der Waals surface area contributed by atoms with E-state index >= 15 is 0 Å². The maximum absolute atomic E-state index is 0. The molecule has 0 aromatic heterocycles. The maximum atomic E-state index is 0. The van der Waals surface area contributed by atoms with Crippen LogP contribution in [-0.4, -0.2) is 27.4 Å². The van der Waals surface area contributed by atoms with Crippen LogP contribution in [0, 0.1) is 0 Å². The van der Waals surface area contributed by atoms with E-state index in [1.807, 2.05) is 0 Å². The first kappa shape index (κ1) is 335. The fraction of sp³-hybridized carbons (Fsp3) is 0. The van der Waals surface area contributed by atoms with Gasteiger partial charge in [-0.3, -0.25) is 0 Å². The van der Waals surface area contributed by atoms with E-state index in [1.54, 1.807) is 0 Å². The van der Waals surface area contributed by atoms with E-state index in [1.165, 1.54) is 0 Å². The summed E-state index contributed by atoms with van der Waals surface area (Å²) in [7, 11) is 0. The molecule has 0 heterocycles. The first-order chi connectivity index (χ1) is 0. The van der Waals surface area contributed by atoms with Gasteiger partial charge in [0.15, 0.2) is 0 Å². The SMILES string of the molecule is [Fe+2].[Li+].[Ni+2].[OH-].[OH-].[OH-].[OH-].[OH-]. The van der Waals surface area contributed by atoms with Crippen LogP contribution in [0.25, 0.3) is 0 Å². The van der Waals surface area contributed by atoms with Crippen molar-refractivity contribution in [2.75, 3.05) is 0 Å². The molecule has 0 aliphatic carbocycles. The third-order valence-electron chi connectivity index (χ3n) is 0. The number of hydrogen-bond acceptors (Lipinski definition) is 5. The van der Waals surface area contributed by atoms with Crippen molar-refractivity contribution in [3.8, 4) is 0 Å². The predicted octanol–water partition coefficient (Wildman–Crippen LogP) is -3.89. The van der Waals surface area contributed by atoms with E-state index in [2.05, 4.69) is 0 Å². The third-order valence-corrected chi connectivity index (χ3v) is 0. The summed E-state index contributed by atoms with van der Waals surface area (Å²) in [5.41, 5.74) is 0. The first-order valence-corrected chi connectivity index (χ1v) is 0. The van der Waals surface area contributed by atoms with E-state index in [9.17, 15) is 0 Å². The summed E-state index contributed by atoms with van der Waals surface area (Å²) in [5.74, 6) is 0. The molecule has 0 unspecified atom stereocenters. The van der Waals surface area contributed by atoms with Crippen LogP contribution >= 0.6 is 0 Å². The largest absolute Gasteiger partial charge is 2.00 e. The van der Waals surface area contributed by atoms with Gasteiger partial charge in [0.25, 0.3) is 0 Å². The normalized spacial score (nSPS) is 0. The number of hydrogen-bond donors (Lipinski definition) is 0. The average Bonchev–Trinajstić information content (AvgIpc) is 0. The summed E-state index contributed by atoms with van der Waals surface area (Å²) in [6.45, 7) is 0. The van der Waals surface area contributed by atoms with Crippen molar-refractivity contribution in [1.82, 2.24) is 0 Å². The molecule has 0 fully saturated rings. The summed E-state index contributed by atoms with van der Waals surface area (Å²) in [4.78, 5) is 0. The van der Waals surface area contributed by atoms with Crippen molar-refractivity contribution in [3.63, 3.8) is 0 Å². The Labute approximate surface area is 79.7 Å². The Morgan fingerprint density at radius 2 is 0.500 bits per heavy atom. The second-order valence-electron chi connectivity index (χ2n) is 0. The monoisotopic (exact) mass is 206 g/mol. The Hall–Kier alpha value is 1.41. The Morgan fingerprint density at radius 1 is 0.500 bits per heavy atom. The second-order valence-corrected chi connectivity index (χ2v) is 0. The van der Waals surface area contributed by atoms with Gasteiger partial charge in [-0.25, -0.2) is 0 Å². The fourth-order valence-corrected chi connectivity index (χ4v) is 0. The van der Waals surface area contributed by atoms with Crippen molar-refractivity contribution < 1.29 is 79.8 Å². The van der Waals surface area contributed by atoms with Crippen LogP contribution in [0.3, 0.4) is 0 Å². The predicted molar refractivity (Wildman–Crippen MR) is 9.68 cm³/mol. The van der Waals surface area contributed by atoms with Gasteiger partial charge in [-0.1, -0.05) is 0 Å². The standard InChI is InChI=1S/Fe.Li.Ni.5H2O/h;;;5*1H2/q+2;+1;+2;;;;;/p-5. The molecular formula is H5FeLiNiO5. The van der Waals surface area contributed by atoms with Crippen LogP contribution in [0.15, 0.2) is 0 Å². The zero-order chi connectivity index (χ0) is 0. The van der Waals surface area contributed by atoms with Gasteiger partial charge in [-0.2, -0.15) is 0 Å². The molecule has 0 aromatic rings. The van der Waals surface area contributed by atoms with Crippen LogP contribution in [-0.2, 0) is 33.6 Å². The minimum Gasteiger partial charge on any atom is -0.870 e. The van der Waals surface area contributed by atoms with Crippen molar-refractivity contribution in [2.24, 2.45) is 0 Å². The van der Waals surface area contributed by atoms with Crippen LogP contribution in [0.2, 0.25) is 0 Å². The van der Waals surface area contributed by atoms with Gasteiger partial charge in [0.2, 0.25) is 0 Å². The van der Waals surface area contributed by atoms with Gasteiger partial charge < -0.3 is 27.4 Å². The molecule has 0 rings (SSSR count). The van der Waals surface area contributed by atoms with Gasteiger partial charge in [0.1, 0.15) is 0 Å². The molecule has 0 saturated heterocycles. The molecule has 0 spiro atoms. The van der Waals surface area contributed by atoms with Crippen LogP contribution < -0.4 is 18.9 Å². The summed E-state index contributed by atoms with van der Waals surface area (Å²) in [6.07, 6.45) is 0. The van der Waals surface area contributed by atoms with Crippen molar-refractivity contribution in [1.29, 1.82) is 0 Å². The maximum Gasteiger partial charge on any atom is 2.00 e. The van der Waals surface area contributed by atoms with Gasteiger partial charge in [0, 0.05) is 0 Å². The van der Waals surface area contributed by atoms with Gasteiger partial charge in [-0.05, 0) is 0 Å². The van der Waals surface area contributed by atoms with E-state index in [-0.39, 0.29) is 79.8 Å². The molecule has 0 bridgehead atoms. The average molecular weight is 207 g/mol. The van der Waals surface area contributed by atoms with E-state index in [0.717, 1.165) is 0 Å². The summed E-state index contributed by atoms with van der Waals surface area (Å²) in [6, 6.07) is 0. The van der Waals surface area contributed by atoms with Crippen molar-refractivity contribution in [2.45, 2.75) is 0 Å². The second kappa shape index (κ2) is 232. The summed E-state index contributed by atoms with van der Waals surface area (Å²) in [5, 5.41) is 0. The topological polar surface area (TPSA) is 150 Å². The van der Waals surface area contributed by atoms with E-state index in [0.29, 0.717) is 0 Å². The summed E-state index contributed by atoms with van der Waals surface area (Å²) < 4.78 is 0. The Balaban J connectivity index is 0. The molecule has 8 heteroatoms. The Bertz CT molecular complexity index is 12.4. The van der Waals surface area contributed by atoms with Gasteiger partial charge >= 0.3 is 52.4 Å². The molecule has 0 saturated carbocycles. The fourth-order valence-electron chi connectivity index (χ4n) is 0. The third kappa shape index (κ3) is 153. The minimum absolute atomic E-state index is 0. The van der Waals surface area contributed by atoms with Gasteiger partial charge in [-0.15, -0.1) is 0 Å². The molecule has 8 heavy (non-hydrogen) atoms. The van der Waals surface area contributed by atoms with E-state index < -0.39 is 0 Å². The molecule has 0 atom stereocenters. The molecule has 0 radical (unpaired) electrons. The Morgan fingerprint density at radius 3 is 0.500 bits per heavy atom. The smallest absolute Gasteiger partial charge is 0.870 e. The van der Waals surface area contributed by atoms with Crippen LogP contribution in [0.1, 0.15) is 0 Å². The zero-order valence-corrected chi connectivity index (χ0v) is 6.00. The first-order valence-electron chi connectivity index (χ1n) is 0. The molecule has 54 valence electrons. The van der Waals surface area contributed by atoms with Gasteiger partial charge in [0.05, 0.1) is 0 Å². The molecule has 5 N–H and O–H groups in total. The van der Waals surface area contributed by atoms with Crippen LogP contribution in [0.4, 0.5) is 0 Å². The Kier molecular flexibility index (Phi) is 9710. The summed E-state index contributed by atoms with van der Waals surface area (Å²) >= 11 is 0. The van der Waals surface area contributed by atoms with E-state index in [4.69, 9.17) is 0 Å². The number of rotatable bonds is 0.